The maximum atomic E-state index is 13.0. The fraction of sp³-hybridized carbons (Fsp3) is 0.487. The number of ether oxygens (including phenoxy) is 4. The Labute approximate surface area is 320 Å². The molecule has 1 aromatic heterocycles. The second kappa shape index (κ2) is 12.9. The Balaban J connectivity index is 1.04. The summed E-state index contributed by atoms with van der Waals surface area (Å²) in [6, 6.07) is 8.16. The Kier molecular flexibility index (Phi) is 8.75. The van der Waals surface area contributed by atoms with Crippen LogP contribution in [-0.4, -0.2) is 68.0 Å². The SMILES string of the molecule is CC(C)(C)OC(=O)N1CCC[C@H]1C1=NC(Br)=C(c2cc3c4c(c2)OCc2cc(-c5nc([C@@H]6CCCN6C(=O)OC(C)(C)C)[nH]c5Br)cc(c2-4)OC3)C1. The van der Waals surface area contributed by atoms with E-state index in [4.69, 9.17) is 28.9 Å². The molecule has 3 aromatic rings. The van der Waals surface area contributed by atoms with Crippen LogP contribution in [0.2, 0.25) is 0 Å². The molecular formula is C39H43Br2N5O6. The van der Waals surface area contributed by atoms with Gasteiger partial charge >= 0.3 is 12.2 Å². The van der Waals surface area contributed by atoms with Crippen molar-refractivity contribution in [1.82, 2.24) is 19.8 Å². The summed E-state index contributed by atoms with van der Waals surface area (Å²) in [6.07, 6.45) is 3.48. The Morgan fingerprint density at radius 3 is 1.94 bits per heavy atom. The van der Waals surface area contributed by atoms with Crippen molar-refractivity contribution in [3.63, 3.8) is 0 Å². The normalized spacial score (nSPS) is 20.8. The lowest BCUT2D eigenvalue weighted by Crippen LogP contribution is -2.43. The molecule has 0 unspecified atom stereocenters. The Hall–Kier alpha value is -3.84. The number of carbonyl (C=O) groups excluding carboxylic acids is 2. The minimum Gasteiger partial charge on any atom is -0.488 e. The van der Waals surface area contributed by atoms with Crippen LogP contribution in [0.25, 0.3) is 28.0 Å². The zero-order valence-corrected chi connectivity index (χ0v) is 33.5. The summed E-state index contributed by atoms with van der Waals surface area (Å²) in [5.74, 6) is 2.33. The van der Waals surface area contributed by atoms with Crippen molar-refractivity contribution in [1.29, 1.82) is 0 Å². The molecule has 0 saturated carbocycles. The van der Waals surface area contributed by atoms with Crippen molar-refractivity contribution < 1.29 is 28.5 Å². The topological polar surface area (TPSA) is 119 Å². The smallest absolute Gasteiger partial charge is 0.410 e. The molecule has 6 heterocycles. The second-order valence-electron chi connectivity index (χ2n) is 16.1. The number of likely N-dealkylation sites (tertiary alicyclic amines) is 2. The van der Waals surface area contributed by atoms with Crippen LogP contribution < -0.4 is 9.47 Å². The molecule has 274 valence electrons. The van der Waals surface area contributed by atoms with E-state index in [0.717, 1.165) is 103 Å². The highest BCUT2D eigenvalue weighted by Gasteiger charge is 2.39. The van der Waals surface area contributed by atoms with Gasteiger partial charge in [0.05, 0.1) is 12.1 Å². The Morgan fingerprint density at radius 1 is 0.808 bits per heavy atom. The first kappa shape index (κ1) is 35.2. The third-order valence-corrected chi connectivity index (χ3v) is 11.2. The van der Waals surface area contributed by atoms with E-state index in [1.807, 2.05) is 52.5 Å². The van der Waals surface area contributed by atoms with Gasteiger partial charge in [0.2, 0.25) is 0 Å². The average Bonchev–Trinajstić information content (AvgIpc) is 3.87. The number of aromatic nitrogens is 2. The molecule has 5 aliphatic rings. The molecule has 2 aromatic carbocycles. The second-order valence-corrected chi connectivity index (χ2v) is 17.6. The van der Waals surface area contributed by atoms with Gasteiger partial charge in [0.15, 0.2) is 0 Å². The van der Waals surface area contributed by atoms with Gasteiger partial charge in [-0.2, -0.15) is 0 Å². The van der Waals surface area contributed by atoms with Gasteiger partial charge in [0.25, 0.3) is 0 Å². The summed E-state index contributed by atoms with van der Waals surface area (Å²) >= 11 is 7.45. The van der Waals surface area contributed by atoms with Crippen molar-refractivity contribution in [3.8, 4) is 33.9 Å². The minimum absolute atomic E-state index is 0.0909. The Morgan fingerprint density at radius 2 is 1.35 bits per heavy atom. The zero-order valence-electron chi connectivity index (χ0n) is 30.3. The van der Waals surface area contributed by atoms with Crippen molar-refractivity contribution in [2.75, 3.05) is 13.1 Å². The van der Waals surface area contributed by atoms with Crippen LogP contribution >= 0.6 is 31.9 Å². The van der Waals surface area contributed by atoms with Gasteiger partial charge in [-0.25, -0.2) is 19.6 Å². The van der Waals surface area contributed by atoms with Crippen LogP contribution in [0.3, 0.4) is 0 Å². The average molecular weight is 838 g/mol. The van der Waals surface area contributed by atoms with E-state index in [2.05, 4.69) is 55.0 Å². The molecule has 8 rings (SSSR count). The fourth-order valence-corrected chi connectivity index (χ4v) is 8.97. The summed E-state index contributed by atoms with van der Waals surface area (Å²) in [5, 5.41) is 0. The first-order valence-electron chi connectivity index (χ1n) is 17.9. The number of aromatic amines is 1. The molecule has 0 radical (unpaired) electrons. The lowest BCUT2D eigenvalue weighted by atomic mass is 9.86. The van der Waals surface area contributed by atoms with E-state index in [1.54, 1.807) is 4.90 Å². The van der Waals surface area contributed by atoms with E-state index in [0.29, 0.717) is 32.7 Å². The molecule has 13 heteroatoms. The number of carbonyl (C=O) groups is 2. The van der Waals surface area contributed by atoms with Gasteiger partial charge in [0, 0.05) is 53.0 Å². The molecule has 5 aliphatic heterocycles. The molecule has 2 amide bonds. The molecule has 11 nitrogen and oxygen atoms in total. The summed E-state index contributed by atoms with van der Waals surface area (Å²) < 4.78 is 25.8. The standard InChI is InChI=1S/C39H43Br2N5O6/c1-38(2,3)51-36(47)45-11-7-9-26(45)25-17-24(33(40)42-25)20-13-22-18-50-29-16-21(14-23-19-49-28(15-20)30(22)31(23)29)32-34(41)44-35(43-32)27-10-8-12-46(27)37(48)52-39(4,5)6/h13-16,26-27H,7-12,17-19H2,1-6H3,(H,43,44)/t26-,27-/m0/s1. The summed E-state index contributed by atoms with van der Waals surface area (Å²) in [4.78, 5) is 42.9. The number of H-pyrrole nitrogens is 1. The number of nitrogens with zero attached hydrogens (tertiary/aromatic N) is 4. The lowest BCUT2D eigenvalue weighted by Gasteiger charge is -2.30. The number of hydrogen-bond donors (Lipinski definition) is 1. The highest BCUT2D eigenvalue weighted by Crippen LogP contribution is 2.52. The Bertz CT molecular complexity index is 2010. The molecule has 2 fully saturated rings. The molecule has 52 heavy (non-hydrogen) atoms. The number of rotatable bonds is 4. The number of benzene rings is 2. The monoisotopic (exact) mass is 835 g/mol. The van der Waals surface area contributed by atoms with Gasteiger partial charge in [-0.15, -0.1) is 0 Å². The first-order valence-corrected chi connectivity index (χ1v) is 19.5. The number of imidazole rings is 1. The highest BCUT2D eigenvalue weighted by molar-refractivity contribution is 9.11. The molecule has 2 atom stereocenters. The number of nitrogens with one attached hydrogen (secondary N) is 1. The number of hydrogen-bond acceptors (Lipinski definition) is 8. The molecule has 0 bridgehead atoms. The van der Waals surface area contributed by atoms with Gasteiger partial charge < -0.3 is 23.9 Å². The van der Waals surface area contributed by atoms with Gasteiger partial charge in [0.1, 0.15) is 56.6 Å². The van der Waals surface area contributed by atoms with Gasteiger partial charge in [-0.1, -0.05) is 0 Å². The molecule has 2 saturated heterocycles. The summed E-state index contributed by atoms with van der Waals surface area (Å²) in [5.41, 5.74) is 7.75. The van der Waals surface area contributed by atoms with Crippen LogP contribution in [0.1, 0.15) is 102 Å². The largest absolute Gasteiger partial charge is 0.488 e. The third-order valence-electron chi connectivity index (χ3n) is 9.99. The van der Waals surface area contributed by atoms with Crippen LogP contribution in [0.4, 0.5) is 9.59 Å². The molecule has 0 aliphatic carbocycles. The number of aliphatic imine (C=N–C) groups is 1. The predicted octanol–water partition coefficient (Wildman–Crippen LogP) is 9.67. The number of allylic oxidation sites excluding steroid dienone is 1. The fourth-order valence-electron chi connectivity index (χ4n) is 7.85. The van der Waals surface area contributed by atoms with Crippen molar-refractivity contribution in [2.24, 2.45) is 4.99 Å². The van der Waals surface area contributed by atoms with E-state index in [9.17, 15) is 9.59 Å². The van der Waals surface area contributed by atoms with Crippen LogP contribution in [-0.2, 0) is 22.7 Å². The van der Waals surface area contributed by atoms with Crippen LogP contribution in [0, 0.1) is 0 Å². The maximum absolute atomic E-state index is 13.0. The first-order chi connectivity index (χ1) is 24.6. The van der Waals surface area contributed by atoms with Crippen LogP contribution in [0.5, 0.6) is 11.5 Å². The van der Waals surface area contributed by atoms with Crippen molar-refractivity contribution >= 4 is 55.3 Å². The molecular weight excluding hydrogens is 794 g/mol. The number of halogens is 2. The van der Waals surface area contributed by atoms with E-state index in [1.165, 1.54) is 0 Å². The maximum Gasteiger partial charge on any atom is 0.410 e. The minimum atomic E-state index is -0.573. The predicted molar refractivity (Wildman–Crippen MR) is 205 cm³/mol. The van der Waals surface area contributed by atoms with Gasteiger partial charge in [-0.3, -0.25) is 9.80 Å². The zero-order chi connectivity index (χ0) is 36.7. The third kappa shape index (κ3) is 6.52. The lowest BCUT2D eigenvalue weighted by molar-refractivity contribution is 0.0216. The van der Waals surface area contributed by atoms with E-state index < -0.39 is 11.2 Å². The quantitative estimate of drug-likeness (QED) is 0.260. The summed E-state index contributed by atoms with van der Waals surface area (Å²) in [6.45, 7) is 13.4. The van der Waals surface area contributed by atoms with E-state index >= 15 is 0 Å². The van der Waals surface area contributed by atoms with Crippen molar-refractivity contribution in [2.45, 2.75) is 110 Å². The summed E-state index contributed by atoms with van der Waals surface area (Å²) in [7, 11) is 0. The molecule has 1 N–H and O–H groups in total. The molecule has 0 spiro atoms. The van der Waals surface area contributed by atoms with Gasteiger partial charge in [-0.05, 0) is 134 Å². The highest BCUT2D eigenvalue weighted by atomic mass is 79.9. The van der Waals surface area contributed by atoms with E-state index in [-0.39, 0.29) is 24.3 Å². The van der Waals surface area contributed by atoms with Crippen molar-refractivity contribution in [3.05, 3.63) is 56.0 Å². The number of amides is 2. The van der Waals surface area contributed by atoms with Crippen LogP contribution in [0.15, 0.2) is 38.5 Å².